The maximum Gasteiger partial charge on any atom is 0.269 e. The van der Waals surface area contributed by atoms with E-state index in [0.717, 1.165) is 31.9 Å². The Hall–Kier alpha value is -2.10. The first-order valence-electron chi connectivity index (χ1n) is 6.94. The van der Waals surface area contributed by atoms with E-state index in [-0.39, 0.29) is 10.6 Å². The molecule has 0 bridgehead atoms. The molecule has 0 aromatic heterocycles. The highest BCUT2D eigenvalue weighted by Gasteiger charge is 2.17. The topological polar surface area (TPSA) is 69.8 Å². The molecule has 1 N–H and O–H groups in total. The van der Waals surface area contributed by atoms with Gasteiger partial charge in [0, 0.05) is 44.0 Å². The Morgan fingerprint density at radius 2 is 1.90 bits per heavy atom. The molecule has 0 spiro atoms. The van der Waals surface area contributed by atoms with E-state index in [4.69, 9.17) is 5.11 Å². The zero-order chi connectivity index (χ0) is 15.2. The van der Waals surface area contributed by atoms with Gasteiger partial charge in [0.1, 0.15) is 6.10 Å². The highest BCUT2D eigenvalue weighted by Crippen LogP contribution is 2.20. The SMILES string of the molecule is C[C@@H](O)C#CCN1CCN(c2ccc([N+](=O)[O-])cc2)CC1. The van der Waals surface area contributed by atoms with Gasteiger partial charge in [0.05, 0.1) is 11.5 Å². The highest BCUT2D eigenvalue weighted by atomic mass is 16.6. The summed E-state index contributed by atoms with van der Waals surface area (Å²) in [6.07, 6.45) is -0.577. The maximum atomic E-state index is 10.6. The van der Waals surface area contributed by atoms with Gasteiger partial charge in [-0.2, -0.15) is 0 Å². The lowest BCUT2D eigenvalue weighted by Gasteiger charge is -2.35. The Labute approximate surface area is 124 Å². The summed E-state index contributed by atoms with van der Waals surface area (Å²) >= 11 is 0. The van der Waals surface area contributed by atoms with E-state index >= 15 is 0 Å². The van der Waals surface area contributed by atoms with Crippen molar-refractivity contribution >= 4 is 11.4 Å². The fourth-order valence-corrected chi connectivity index (χ4v) is 2.25. The molecule has 1 aliphatic heterocycles. The number of nitrogens with zero attached hydrogens (tertiary/aromatic N) is 3. The number of aliphatic hydroxyl groups excluding tert-OH is 1. The summed E-state index contributed by atoms with van der Waals surface area (Å²) in [5, 5.41) is 19.7. The predicted molar refractivity (Wildman–Crippen MR) is 81.2 cm³/mol. The molecule has 1 aromatic rings. The lowest BCUT2D eigenvalue weighted by molar-refractivity contribution is -0.384. The number of benzene rings is 1. The molecule has 6 nitrogen and oxygen atoms in total. The Balaban J connectivity index is 1.86. The molecular formula is C15H19N3O3. The van der Waals surface area contributed by atoms with Gasteiger partial charge in [-0.05, 0) is 19.1 Å². The number of hydrogen-bond donors (Lipinski definition) is 1. The van der Waals surface area contributed by atoms with Gasteiger partial charge in [-0.3, -0.25) is 15.0 Å². The standard InChI is InChI=1S/C15H19N3O3/c1-13(19)3-2-8-16-9-11-17(12-10-16)14-4-6-15(7-5-14)18(20)21/h4-7,13,19H,8-12H2,1H3/t13-/m1/s1. The third-order valence-corrected chi connectivity index (χ3v) is 3.41. The van der Waals surface area contributed by atoms with Crippen molar-refractivity contribution in [2.45, 2.75) is 13.0 Å². The van der Waals surface area contributed by atoms with Gasteiger partial charge in [0.25, 0.3) is 5.69 Å². The maximum absolute atomic E-state index is 10.6. The monoisotopic (exact) mass is 289 g/mol. The number of anilines is 1. The molecule has 0 unspecified atom stereocenters. The number of piperazine rings is 1. The van der Waals surface area contributed by atoms with E-state index in [1.54, 1.807) is 19.1 Å². The largest absolute Gasteiger partial charge is 0.381 e. The fourth-order valence-electron chi connectivity index (χ4n) is 2.25. The van der Waals surface area contributed by atoms with E-state index in [1.807, 2.05) is 0 Å². The van der Waals surface area contributed by atoms with Crippen LogP contribution in [-0.2, 0) is 0 Å². The molecule has 0 amide bonds. The average Bonchev–Trinajstić information content (AvgIpc) is 2.48. The molecule has 0 aliphatic carbocycles. The molecule has 21 heavy (non-hydrogen) atoms. The predicted octanol–water partition coefficient (Wildman–Crippen LogP) is 1.10. The molecule has 1 saturated heterocycles. The summed E-state index contributed by atoms with van der Waals surface area (Å²) in [7, 11) is 0. The van der Waals surface area contributed by atoms with E-state index in [1.165, 1.54) is 12.1 Å². The average molecular weight is 289 g/mol. The van der Waals surface area contributed by atoms with Crippen LogP contribution in [0.5, 0.6) is 0 Å². The Morgan fingerprint density at radius 1 is 1.29 bits per heavy atom. The van der Waals surface area contributed by atoms with Crippen LogP contribution >= 0.6 is 0 Å². The lowest BCUT2D eigenvalue weighted by atomic mass is 10.2. The minimum atomic E-state index is -0.577. The molecule has 1 aromatic carbocycles. The number of non-ortho nitro benzene ring substituents is 1. The van der Waals surface area contributed by atoms with Crippen molar-refractivity contribution in [3.8, 4) is 11.8 Å². The first-order chi connectivity index (χ1) is 10.1. The second kappa shape index (κ2) is 7.07. The van der Waals surface area contributed by atoms with Crippen molar-refractivity contribution in [1.29, 1.82) is 0 Å². The van der Waals surface area contributed by atoms with E-state index in [9.17, 15) is 10.1 Å². The van der Waals surface area contributed by atoms with Crippen LogP contribution < -0.4 is 4.90 Å². The molecule has 2 rings (SSSR count). The molecule has 6 heteroatoms. The van der Waals surface area contributed by atoms with Gasteiger partial charge in [-0.15, -0.1) is 0 Å². The van der Waals surface area contributed by atoms with Crippen LogP contribution in [0.4, 0.5) is 11.4 Å². The summed E-state index contributed by atoms with van der Waals surface area (Å²) in [4.78, 5) is 14.7. The Bertz CT molecular complexity index is 538. The van der Waals surface area contributed by atoms with Gasteiger partial charge < -0.3 is 10.0 Å². The first kappa shape index (κ1) is 15.3. The van der Waals surface area contributed by atoms with Gasteiger partial charge >= 0.3 is 0 Å². The van der Waals surface area contributed by atoms with Crippen LogP contribution in [0.25, 0.3) is 0 Å². The van der Waals surface area contributed by atoms with E-state index in [0.29, 0.717) is 6.54 Å². The number of nitro benzene ring substituents is 1. The van der Waals surface area contributed by atoms with Crippen molar-refractivity contribution in [2.24, 2.45) is 0 Å². The number of rotatable bonds is 3. The Morgan fingerprint density at radius 3 is 2.43 bits per heavy atom. The second-order valence-corrected chi connectivity index (χ2v) is 5.03. The third-order valence-electron chi connectivity index (χ3n) is 3.41. The molecule has 0 saturated carbocycles. The Kier molecular flexibility index (Phi) is 5.14. The smallest absolute Gasteiger partial charge is 0.269 e. The molecule has 1 heterocycles. The normalized spacial score (nSPS) is 17.0. The van der Waals surface area contributed by atoms with Crippen LogP contribution in [0.3, 0.4) is 0 Å². The number of hydrogen-bond acceptors (Lipinski definition) is 5. The lowest BCUT2D eigenvalue weighted by Crippen LogP contribution is -2.46. The van der Waals surface area contributed by atoms with E-state index in [2.05, 4.69) is 21.6 Å². The van der Waals surface area contributed by atoms with E-state index < -0.39 is 6.10 Å². The summed E-state index contributed by atoms with van der Waals surface area (Å²) < 4.78 is 0. The van der Waals surface area contributed by atoms with Gasteiger partial charge in [0.2, 0.25) is 0 Å². The zero-order valence-corrected chi connectivity index (χ0v) is 12.0. The minimum absolute atomic E-state index is 0.116. The number of nitro groups is 1. The molecule has 1 aliphatic rings. The summed E-state index contributed by atoms with van der Waals surface area (Å²) in [5.74, 6) is 5.70. The van der Waals surface area contributed by atoms with Gasteiger partial charge in [-0.1, -0.05) is 11.8 Å². The van der Waals surface area contributed by atoms with Crippen LogP contribution in [0.1, 0.15) is 6.92 Å². The van der Waals surface area contributed by atoms with Crippen LogP contribution in [0, 0.1) is 22.0 Å². The van der Waals surface area contributed by atoms with Gasteiger partial charge in [-0.25, -0.2) is 0 Å². The van der Waals surface area contributed by atoms with Crippen LogP contribution in [0.15, 0.2) is 24.3 Å². The van der Waals surface area contributed by atoms with Crippen LogP contribution in [-0.4, -0.2) is 53.8 Å². The second-order valence-electron chi connectivity index (χ2n) is 5.03. The van der Waals surface area contributed by atoms with Crippen molar-refractivity contribution < 1.29 is 10.0 Å². The summed E-state index contributed by atoms with van der Waals surface area (Å²) in [5.41, 5.74) is 1.13. The fraction of sp³-hybridized carbons (Fsp3) is 0.467. The van der Waals surface area contributed by atoms with Crippen molar-refractivity contribution in [3.63, 3.8) is 0 Å². The first-order valence-corrected chi connectivity index (χ1v) is 6.94. The third kappa shape index (κ3) is 4.45. The van der Waals surface area contributed by atoms with Crippen molar-refractivity contribution in [2.75, 3.05) is 37.6 Å². The van der Waals surface area contributed by atoms with Gasteiger partial charge in [0.15, 0.2) is 0 Å². The molecule has 1 fully saturated rings. The summed E-state index contributed by atoms with van der Waals surface area (Å²) in [6, 6.07) is 6.66. The molecule has 0 radical (unpaired) electrons. The van der Waals surface area contributed by atoms with Crippen molar-refractivity contribution in [1.82, 2.24) is 4.90 Å². The zero-order valence-electron chi connectivity index (χ0n) is 12.0. The summed E-state index contributed by atoms with van der Waals surface area (Å²) in [6.45, 7) is 5.85. The quantitative estimate of drug-likeness (QED) is 0.512. The minimum Gasteiger partial charge on any atom is -0.381 e. The van der Waals surface area contributed by atoms with Crippen LogP contribution in [0.2, 0.25) is 0 Å². The van der Waals surface area contributed by atoms with Crippen molar-refractivity contribution in [3.05, 3.63) is 34.4 Å². The number of aliphatic hydroxyl groups is 1. The highest BCUT2D eigenvalue weighted by molar-refractivity contribution is 5.51. The molecule has 1 atom stereocenters. The molecular weight excluding hydrogens is 270 g/mol. The molecule has 112 valence electrons.